The van der Waals surface area contributed by atoms with Crippen molar-refractivity contribution in [3.8, 4) is 23.0 Å². The molecule has 0 N–H and O–H groups in total. The number of nitrogens with zero attached hydrogens (tertiary/aromatic N) is 1. The molecule has 0 fully saturated rings. The maximum Gasteiger partial charge on any atom is 0.142 e. The smallest absolute Gasteiger partial charge is 0.142 e. The zero-order valence-electron chi connectivity index (χ0n) is 16.3. The van der Waals surface area contributed by atoms with Crippen LogP contribution in [0.4, 0.5) is 18.9 Å². The molecule has 3 rings (SSSR count). The van der Waals surface area contributed by atoms with E-state index in [0.717, 1.165) is 12.8 Å². The van der Waals surface area contributed by atoms with Crippen LogP contribution in [0, 0.1) is 29.3 Å². The van der Waals surface area contributed by atoms with E-state index in [2.05, 4.69) is 34.2 Å². The highest BCUT2D eigenvalue weighted by molar-refractivity contribution is 7.78. The van der Waals surface area contributed by atoms with Gasteiger partial charge in [-0.2, -0.15) is 4.99 Å². The lowest BCUT2D eigenvalue weighted by Crippen LogP contribution is -1.95. The first kappa shape index (κ1) is 21.5. The Hall–Kier alpha value is -3.19. The first-order valence-electron chi connectivity index (χ1n) is 9.49. The summed E-state index contributed by atoms with van der Waals surface area (Å²) >= 11 is 4.56. The van der Waals surface area contributed by atoms with Crippen LogP contribution >= 0.6 is 12.2 Å². The number of benzene rings is 3. The monoisotopic (exact) mass is 421 g/mol. The first-order valence-corrected chi connectivity index (χ1v) is 9.90. The Morgan fingerprint density at radius 1 is 0.867 bits per heavy atom. The summed E-state index contributed by atoms with van der Waals surface area (Å²) in [6.45, 7) is 2.02. The topological polar surface area (TPSA) is 12.4 Å². The van der Waals surface area contributed by atoms with Crippen molar-refractivity contribution in [1.82, 2.24) is 0 Å². The van der Waals surface area contributed by atoms with E-state index in [0.29, 0.717) is 34.4 Å². The van der Waals surface area contributed by atoms with Crippen LogP contribution in [0.25, 0.3) is 11.1 Å². The molecule has 0 saturated carbocycles. The molecule has 0 aliphatic carbocycles. The lowest BCUT2D eigenvalue weighted by molar-refractivity contribution is 0.572. The van der Waals surface area contributed by atoms with Gasteiger partial charge in [-0.3, -0.25) is 0 Å². The molecule has 0 aliphatic rings. The third kappa shape index (κ3) is 5.24. The highest BCUT2D eigenvalue weighted by Crippen LogP contribution is 2.26. The summed E-state index contributed by atoms with van der Waals surface area (Å²) in [4.78, 5) is 3.86. The van der Waals surface area contributed by atoms with E-state index in [1.165, 1.54) is 18.2 Å². The molecule has 0 radical (unpaired) electrons. The second kappa shape index (κ2) is 10.0. The van der Waals surface area contributed by atoms with Gasteiger partial charge in [0.05, 0.1) is 16.4 Å². The number of thiocarbonyl (C=S) groups is 1. The highest BCUT2D eigenvalue weighted by atomic mass is 32.1. The van der Waals surface area contributed by atoms with Crippen molar-refractivity contribution < 1.29 is 13.2 Å². The summed E-state index contributed by atoms with van der Waals surface area (Å²) in [5.74, 6) is 3.25. The molecule has 0 amide bonds. The van der Waals surface area contributed by atoms with Crippen LogP contribution in [0.15, 0.2) is 59.6 Å². The SMILES string of the molecule is CCCCc1cc(F)c(C#Cc2ccc(-c3ccc(N=C=S)cc3)c(F)c2)c(F)c1. The van der Waals surface area contributed by atoms with Gasteiger partial charge >= 0.3 is 0 Å². The van der Waals surface area contributed by atoms with Gasteiger partial charge in [0.15, 0.2) is 0 Å². The van der Waals surface area contributed by atoms with Crippen LogP contribution in [0.2, 0.25) is 0 Å². The summed E-state index contributed by atoms with van der Waals surface area (Å²) in [5.41, 5.74) is 2.30. The molecule has 3 aromatic carbocycles. The Labute approximate surface area is 179 Å². The van der Waals surface area contributed by atoms with Gasteiger partial charge in [-0.1, -0.05) is 43.4 Å². The van der Waals surface area contributed by atoms with Gasteiger partial charge in [-0.05, 0) is 72.6 Å². The highest BCUT2D eigenvalue weighted by Gasteiger charge is 2.10. The first-order chi connectivity index (χ1) is 14.5. The Morgan fingerprint density at radius 2 is 1.57 bits per heavy atom. The third-order valence-corrected chi connectivity index (χ3v) is 4.67. The molecule has 0 atom stereocenters. The summed E-state index contributed by atoms with van der Waals surface area (Å²) < 4.78 is 43.1. The number of rotatable bonds is 5. The molecule has 0 bridgehead atoms. The second-order valence-corrected chi connectivity index (χ2v) is 6.92. The molecule has 0 heterocycles. The quantitative estimate of drug-likeness (QED) is 0.240. The molecule has 0 aromatic heterocycles. The number of aliphatic imine (C=N–C) groups is 1. The van der Waals surface area contributed by atoms with Crippen LogP contribution in [0.5, 0.6) is 0 Å². The summed E-state index contributed by atoms with van der Waals surface area (Å²) in [7, 11) is 0. The molecule has 0 aliphatic heterocycles. The Balaban J connectivity index is 1.85. The van der Waals surface area contributed by atoms with Crippen molar-refractivity contribution >= 4 is 23.1 Å². The van der Waals surface area contributed by atoms with Gasteiger partial charge in [0, 0.05) is 11.1 Å². The van der Waals surface area contributed by atoms with Crippen LogP contribution in [0.1, 0.15) is 36.5 Å². The second-order valence-electron chi connectivity index (χ2n) is 6.73. The minimum Gasteiger partial charge on any atom is -0.206 e. The molecule has 150 valence electrons. The van der Waals surface area contributed by atoms with Gasteiger partial charge in [-0.15, -0.1) is 0 Å². The van der Waals surface area contributed by atoms with Gasteiger partial charge in [0.1, 0.15) is 17.5 Å². The minimum atomic E-state index is -0.704. The summed E-state index contributed by atoms with van der Waals surface area (Å²) in [6.07, 6.45) is 2.42. The van der Waals surface area contributed by atoms with Gasteiger partial charge in [0.25, 0.3) is 0 Å². The maximum atomic E-state index is 14.6. The standard InChI is InChI=1S/C25H18F3NS/c1-2-3-4-18-14-24(27)22(25(28)15-18)12-6-17-5-11-21(23(26)13-17)19-7-9-20(10-8-19)29-16-30/h5,7-11,13-15H,2-4H2,1H3. The number of hydrogen-bond acceptors (Lipinski definition) is 2. The summed E-state index contributed by atoms with van der Waals surface area (Å²) in [6, 6.07) is 13.9. The average molecular weight is 421 g/mol. The predicted molar refractivity (Wildman–Crippen MR) is 117 cm³/mol. The van der Waals surface area contributed by atoms with Crippen molar-refractivity contribution in [2.24, 2.45) is 4.99 Å². The molecule has 3 aromatic rings. The largest absolute Gasteiger partial charge is 0.206 e. The number of isothiocyanates is 1. The van der Waals surface area contributed by atoms with Gasteiger partial charge in [-0.25, -0.2) is 13.2 Å². The fourth-order valence-corrected chi connectivity index (χ4v) is 3.11. The number of unbranched alkanes of at least 4 members (excludes halogenated alkanes) is 1. The molecule has 5 heteroatoms. The van der Waals surface area contributed by atoms with Crippen LogP contribution < -0.4 is 0 Å². The average Bonchev–Trinajstić information content (AvgIpc) is 2.73. The van der Waals surface area contributed by atoms with E-state index < -0.39 is 17.5 Å². The summed E-state index contributed by atoms with van der Waals surface area (Å²) in [5, 5.41) is 2.28. The molecule has 0 spiro atoms. The lowest BCUT2D eigenvalue weighted by atomic mass is 10.0. The number of halogens is 3. The Bertz CT molecular complexity index is 1140. The van der Waals surface area contributed by atoms with Crippen LogP contribution in [0.3, 0.4) is 0 Å². The van der Waals surface area contributed by atoms with Crippen molar-refractivity contribution in [2.45, 2.75) is 26.2 Å². The third-order valence-electron chi connectivity index (χ3n) is 4.57. The predicted octanol–water partition coefficient (Wildman–Crippen LogP) is 7.25. The fraction of sp³-hybridized carbons (Fsp3) is 0.160. The molecular weight excluding hydrogens is 403 g/mol. The van der Waals surface area contributed by atoms with Crippen LogP contribution in [-0.4, -0.2) is 5.16 Å². The normalized spacial score (nSPS) is 10.1. The van der Waals surface area contributed by atoms with Gasteiger partial charge < -0.3 is 0 Å². The molecule has 30 heavy (non-hydrogen) atoms. The van der Waals surface area contributed by atoms with Gasteiger partial charge in [0.2, 0.25) is 0 Å². The van der Waals surface area contributed by atoms with E-state index >= 15 is 0 Å². The van der Waals surface area contributed by atoms with Crippen LogP contribution in [-0.2, 0) is 6.42 Å². The van der Waals surface area contributed by atoms with E-state index in [1.807, 2.05) is 6.92 Å². The van der Waals surface area contributed by atoms with Crippen molar-refractivity contribution in [3.63, 3.8) is 0 Å². The molecular formula is C25H18F3NS. The maximum absolute atomic E-state index is 14.6. The van der Waals surface area contributed by atoms with E-state index in [9.17, 15) is 13.2 Å². The minimum absolute atomic E-state index is 0.311. The zero-order chi connectivity index (χ0) is 21.5. The lowest BCUT2D eigenvalue weighted by Gasteiger charge is -2.05. The van der Waals surface area contributed by atoms with Crippen molar-refractivity contribution in [2.75, 3.05) is 0 Å². The molecule has 0 saturated heterocycles. The van der Waals surface area contributed by atoms with Crippen molar-refractivity contribution in [3.05, 3.63) is 88.7 Å². The Kier molecular flexibility index (Phi) is 7.19. The zero-order valence-corrected chi connectivity index (χ0v) is 17.1. The fourth-order valence-electron chi connectivity index (χ4n) is 3.00. The van der Waals surface area contributed by atoms with E-state index in [4.69, 9.17) is 0 Å². The van der Waals surface area contributed by atoms with Crippen molar-refractivity contribution in [1.29, 1.82) is 0 Å². The number of hydrogen-bond donors (Lipinski definition) is 0. The van der Waals surface area contributed by atoms with E-state index in [1.54, 1.807) is 36.4 Å². The number of aryl methyl sites for hydroxylation is 1. The Morgan fingerprint density at radius 3 is 2.17 bits per heavy atom. The molecule has 1 nitrogen and oxygen atoms in total. The molecule has 0 unspecified atom stereocenters. The van der Waals surface area contributed by atoms with E-state index in [-0.39, 0.29) is 5.56 Å².